The molecule has 3 nitrogen and oxygen atoms in total. The van der Waals surface area contributed by atoms with Crippen LogP contribution in [0.25, 0.3) is 0 Å². The first-order chi connectivity index (χ1) is 9.44. The summed E-state index contributed by atoms with van der Waals surface area (Å²) in [5.41, 5.74) is -0.370. The van der Waals surface area contributed by atoms with Crippen molar-refractivity contribution in [2.45, 2.75) is 96.1 Å². The van der Waals surface area contributed by atoms with Crippen molar-refractivity contribution in [1.29, 1.82) is 0 Å². The lowest BCUT2D eigenvalue weighted by Gasteiger charge is -2.34. The smallest absolute Gasteiger partial charge is 0.323 e. The minimum Gasteiger partial charge on any atom is -0.480 e. The van der Waals surface area contributed by atoms with Gasteiger partial charge in [0.05, 0.1) is 0 Å². The maximum atomic E-state index is 11.9. The molecule has 0 aliphatic heterocycles. The van der Waals surface area contributed by atoms with Gasteiger partial charge in [-0.3, -0.25) is 10.1 Å². The summed E-state index contributed by atoms with van der Waals surface area (Å²) in [6.45, 7) is 4.55. The van der Waals surface area contributed by atoms with Crippen LogP contribution in [0.2, 0.25) is 0 Å². The van der Waals surface area contributed by atoms with Crippen molar-refractivity contribution in [3.8, 4) is 0 Å². The Balaban J connectivity index is 2.06. The summed E-state index contributed by atoms with van der Waals surface area (Å²) in [5.74, 6) is -0.626. The Morgan fingerprint density at radius 3 is 2.20 bits per heavy atom. The van der Waals surface area contributed by atoms with Crippen molar-refractivity contribution < 1.29 is 9.90 Å². The van der Waals surface area contributed by atoms with Gasteiger partial charge in [0.25, 0.3) is 0 Å². The van der Waals surface area contributed by atoms with Crippen LogP contribution in [0.5, 0.6) is 0 Å². The van der Waals surface area contributed by atoms with Crippen molar-refractivity contribution in [2.75, 3.05) is 0 Å². The second-order valence-corrected chi connectivity index (χ2v) is 7.74. The number of hydrogen-bond acceptors (Lipinski definition) is 2. The fraction of sp³-hybridized carbons (Fsp3) is 0.941. The number of carbonyl (C=O) groups is 1. The Bertz CT molecular complexity index is 332. The van der Waals surface area contributed by atoms with Gasteiger partial charge in [0.1, 0.15) is 5.54 Å². The average molecular weight is 281 g/mol. The molecular weight excluding hydrogens is 250 g/mol. The Labute approximate surface area is 123 Å². The summed E-state index contributed by atoms with van der Waals surface area (Å²) in [6.07, 6.45) is 12.2. The van der Waals surface area contributed by atoms with Crippen LogP contribution in [0.4, 0.5) is 0 Å². The Morgan fingerprint density at radius 2 is 1.60 bits per heavy atom. The van der Waals surface area contributed by atoms with E-state index in [1.165, 1.54) is 25.7 Å². The van der Waals surface area contributed by atoms with Crippen molar-refractivity contribution in [1.82, 2.24) is 5.32 Å². The van der Waals surface area contributed by atoms with Crippen LogP contribution >= 0.6 is 0 Å². The Morgan fingerprint density at radius 1 is 0.950 bits per heavy atom. The monoisotopic (exact) mass is 281 g/mol. The van der Waals surface area contributed by atoms with Crippen molar-refractivity contribution in [2.24, 2.45) is 5.41 Å². The van der Waals surface area contributed by atoms with Gasteiger partial charge in [-0.25, -0.2) is 0 Å². The van der Waals surface area contributed by atoms with E-state index in [9.17, 15) is 9.90 Å². The molecule has 2 aliphatic rings. The predicted molar refractivity (Wildman–Crippen MR) is 81.9 cm³/mol. The number of rotatable bonds is 3. The van der Waals surface area contributed by atoms with Crippen LogP contribution in [0, 0.1) is 5.41 Å². The van der Waals surface area contributed by atoms with Gasteiger partial charge in [-0.2, -0.15) is 0 Å². The SMILES string of the molecule is CC1(C)CCCC(NC2CCCCCC2)(C(=O)O)CC1. The standard InChI is InChI=1S/C17H31NO2/c1-16(2)10-7-11-17(13-12-16,15(19)20)18-14-8-5-3-4-6-9-14/h14,18H,3-13H2,1-2H3,(H,19,20). The molecule has 0 radical (unpaired) electrons. The van der Waals surface area contributed by atoms with Gasteiger partial charge in [-0.15, -0.1) is 0 Å². The first-order valence-electron chi connectivity index (χ1n) is 8.45. The quantitative estimate of drug-likeness (QED) is 0.765. The highest BCUT2D eigenvalue weighted by Crippen LogP contribution is 2.39. The van der Waals surface area contributed by atoms with E-state index in [-0.39, 0.29) is 0 Å². The van der Waals surface area contributed by atoms with E-state index in [0.29, 0.717) is 11.5 Å². The molecule has 0 saturated heterocycles. The highest BCUT2D eigenvalue weighted by molar-refractivity contribution is 5.78. The van der Waals surface area contributed by atoms with Crippen molar-refractivity contribution >= 4 is 5.97 Å². The molecule has 20 heavy (non-hydrogen) atoms. The van der Waals surface area contributed by atoms with Gasteiger partial charge < -0.3 is 5.11 Å². The molecule has 116 valence electrons. The third kappa shape index (κ3) is 3.97. The molecule has 2 rings (SSSR count). The summed E-state index contributed by atoms with van der Waals surface area (Å²) >= 11 is 0. The zero-order chi connectivity index (χ0) is 14.6. The van der Waals surface area contributed by atoms with Crippen LogP contribution in [-0.2, 0) is 4.79 Å². The molecule has 1 atom stereocenters. The molecule has 0 spiro atoms. The van der Waals surface area contributed by atoms with Gasteiger partial charge >= 0.3 is 5.97 Å². The normalized spacial score (nSPS) is 32.3. The average Bonchev–Trinajstić information content (AvgIpc) is 2.70. The highest BCUT2D eigenvalue weighted by Gasteiger charge is 2.42. The van der Waals surface area contributed by atoms with Gasteiger partial charge in [0.2, 0.25) is 0 Å². The minimum absolute atomic E-state index is 0.294. The lowest BCUT2D eigenvalue weighted by molar-refractivity contribution is -0.146. The van der Waals surface area contributed by atoms with Gasteiger partial charge in [0.15, 0.2) is 0 Å². The predicted octanol–water partition coefficient (Wildman–Crippen LogP) is 4.11. The van der Waals surface area contributed by atoms with E-state index >= 15 is 0 Å². The number of aliphatic carboxylic acids is 1. The third-order valence-electron chi connectivity index (χ3n) is 5.43. The molecule has 0 aromatic carbocycles. The van der Waals surface area contributed by atoms with Gasteiger partial charge in [0, 0.05) is 6.04 Å². The fourth-order valence-corrected chi connectivity index (χ4v) is 3.90. The second kappa shape index (κ2) is 6.46. The zero-order valence-corrected chi connectivity index (χ0v) is 13.2. The molecular formula is C17H31NO2. The van der Waals surface area contributed by atoms with Crippen LogP contribution in [0.1, 0.15) is 84.5 Å². The molecule has 0 bridgehead atoms. The number of hydrogen-bond donors (Lipinski definition) is 2. The van der Waals surface area contributed by atoms with Crippen LogP contribution < -0.4 is 5.32 Å². The molecule has 2 fully saturated rings. The maximum Gasteiger partial charge on any atom is 0.323 e. The lowest BCUT2D eigenvalue weighted by atomic mass is 9.83. The third-order valence-corrected chi connectivity index (χ3v) is 5.43. The summed E-state index contributed by atoms with van der Waals surface area (Å²) < 4.78 is 0. The lowest BCUT2D eigenvalue weighted by Crippen LogP contribution is -2.55. The molecule has 0 amide bonds. The van der Waals surface area contributed by atoms with E-state index in [0.717, 1.165) is 44.9 Å². The van der Waals surface area contributed by atoms with Crippen LogP contribution in [0.15, 0.2) is 0 Å². The van der Waals surface area contributed by atoms with E-state index in [4.69, 9.17) is 0 Å². The summed E-state index contributed by atoms with van der Waals surface area (Å²) in [7, 11) is 0. The molecule has 0 aromatic rings. The first-order valence-corrected chi connectivity index (χ1v) is 8.45. The summed E-state index contributed by atoms with van der Waals surface area (Å²) in [5, 5.41) is 13.4. The number of carboxylic acid groups (broad SMARTS) is 1. The van der Waals surface area contributed by atoms with Crippen molar-refractivity contribution in [3.05, 3.63) is 0 Å². The van der Waals surface area contributed by atoms with E-state index in [1.54, 1.807) is 0 Å². The molecule has 1 unspecified atom stereocenters. The van der Waals surface area contributed by atoms with Crippen LogP contribution in [-0.4, -0.2) is 22.7 Å². The van der Waals surface area contributed by atoms with Crippen molar-refractivity contribution in [3.63, 3.8) is 0 Å². The molecule has 3 heteroatoms. The topological polar surface area (TPSA) is 49.3 Å². The van der Waals surface area contributed by atoms with Gasteiger partial charge in [-0.05, 0) is 43.9 Å². The largest absolute Gasteiger partial charge is 0.480 e. The molecule has 2 aliphatic carbocycles. The molecule has 0 aromatic heterocycles. The first kappa shape index (κ1) is 15.8. The van der Waals surface area contributed by atoms with E-state index < -0.39 is 11.5 Å². The fourth-order valence-electron chi connectivity index (χ4n) is 3.90. The summed E-state index contributed by atoms with van der Waals surface area (Å²) in [4.78, 5) is 11.9. The minimum atomic E-state index is -0.664. The molecule has 2 N–H and O–H groups in total. The Hall–Kier alpha value is -0.570. The van der Waals surface area contributed by atoms with Gasteiger partial charge in [-0.1, -0.05) is 46.0 Å². The zero-order valence-electron chi connectivity index (χ0n) is 13.2. The van der Waals surface area contributed by atoms with Crippen LogP contribution in [0.3, 0.4) is 0 Å². The van der Waals surface area contributed by atoms with E-state index in [1.807, 2.05) is 0 Å². The molecule has 2 saturated carbocycles. The maximum absolute atomic E-state index is 11.9. The Kier molecular flexibility index (Phi) is 5.11. The number of nitrogens with one attached hydrogen (secondary N) is 1. The second-order valence-electron chi connectivity index (χ2n) is 7.74. The van der Waals surface area contributed by atoms with E-state index in [2.05, 4.69) is 19.2 Å². The highest BCUT2D eigenvalue weighted by atomic mass is 16.4. The summed E-state index contributed by atoms with van der Waals surface area (Å²) in [6, 6.07) is 0.412. The number of carboxylic acids is 1. The molecule has 0 heterocycles.